The first-order valence-corrected chi connectivity index (χ1v) is 8.87. The summed E-state index contributed by atoms with van der Waals surface area (Å²) in [4.78, 5) is -0.277. The number of nitrogens with zero attached hydrogens (tertiary/aromatic N) is 2. The predicted molar refractivity (Wildman–Crippen MR) is 84.0 cm³/mol. The standard InChI is InChI=1S/C15H14F6N2O4S/c1-8-12(9(2)27-22-8)28(25,26)23(3)11-6-4-10(5-7-11)13(24,14(16,17)18)15(19,20)21/h4-7,24H,1-3H3. The maximum absolute atomic E-state index is 12.9. The zero-order valence-corrected chi connectivity index (χ0v) is 15.4. The van der Waals surface area contributed by atoms with Gasteiger partial charge in [0.1, 0.15) is 5.69 Å². The summed E-state index contributed by atoms with van der Waals surface area (Å²) in [6, 6.07) is 2.15. The molecule has 1 aromatic carbocycles. The van der Waals surface area contributed by atoms with Gasteiger partial charge in [-0.3, -0.25) is 4.31 Å². The second-order valence-corrected chi connectivity index (χ2v) is 7.78. The van der Waals surface area contributed by atoms with Gasteiger partial charge >= 0.3 is 12.4 Å². The van der Waals surface area contributed by atoms with Gasteiger partial charge in [0, 0.05) is 12.6 Å². The van der Waals surface area contributed by atoms with E-state index in [-0.39, 0.29) is 22.0 Å². The molecule has 0 bridgehead atoms. The number of benzene rings is 1. The fraction of sp³-hybridized carbons (Fsp3) is 0.400. The van der Waals surface area contributed by atoms with Gasteiger partial charge in [-0.25, -0.2) is 8.42 Å². The molecule has 0 spiro atoms. The number of alkyl halides is 6. The maximum atomic E-state index is 12.9. The summed E-state index contributed by atoms with van der Waals surface area (Å²) in [5.41, 5.74) is -6.81. The Labute approximate surface area is 155 Å². The van der Waals surface area contributed by atoms with Crippen LogP contribution in [-0.2, 0) is 15.6 Å². The van der Waals surface area contributed by atoms with Crippen molar-refractivity contribution in [2.45, 2.75) is 36.7 Å². The van der Waals surface area contributed by atoms with Gasteiger partial charge in [0.2, 0.25) is 0 Å². The molecule has 0 unspecified atom stereocenters. The summed E-state index contributed by atoms with van der Waals surface area (Å²) >= 11 is 0. The van der Waals surface area contributed by atoms with Gasteiger partial charge in [-0.15, -0.1) is 0 Å². The molecule has 2 rings (SSSR count). The molecule has 28 heavy (non-hydrogen) atoms. The van der Waals surface area contributed by atoms with Gasteiger partial charge in [-0.05, 0) is 26.0 Å². The Hall–Kier alpha value is -2.28. The lowest BCUT2D eigenvalue weighted by atomic mass is 9.92. The molecule has 156 valence electrons. The summed E-state index contributed by atoms with van der Waals surface area (Å²) in [6.07, 6.45) is -12.1. The Morgan fingerprint density at radius 1 is 1.00 bits per heavy atom. The number of anilines is 1. The fourth-order valence-electron chi connectivity index (χ4n) is 2.52. The number of hydrogen-bond acceptors (Lipinski definition) is 5. The SMILES string of the molecule is Cc1noc(C)c1S(=O)(=O)N(C)c1ccc(C(O)(C(F)(F)F)C(F)(F)F)cc1. The Balaban J connectivity index is 2.50. The predicted octanol–water partition coefficient (Wildman–Crippen LogP) is 3.43. The van der Waals surface area contributed by atoms with Gasteiger partial charge in [0.15, 0.2) is 10.7 Å². The van der Waals surface area contributed by atoms with E-state index in [9.17, 15) is 39.9 Å². The van der Waals surface area contributed by atoms with Crippen LogP contribution in [0.4, 0.5) is 32.0 Å². The summed E-state index contributed by atoms with van der Waals surface area (Å²) in [6.45, 7) is 2.68. The second kappa shape index (κ2) is 6.65. The van der Waals surface area contributed by atoms with Crippen LogP contribution in [0.25, 0.3) is 0 Å². The molecule has 6 nitrogen and oxygen atoms in total. The van der Waals surface area contributed by atoms with Crippen LogP contribution in [0.1, 0.15) is 17.0 Å². The van der Waals surface area contributed by atoms with E-state index in [0.717, 1.165) is 7.05 Å². The third-order valence-corrected chi connectivity index (χ3v) is 6.09. The van der Waals surface area contributed by atoms with Crippen molar-refractivity contribution in [3.05, 3.63) is 41.3 Å². The van der Waals surface area contributed by atoms with Crippen LogP contribution < -0.4 is 4.31 Å². The zero-order chi connectivity index (χ0) is 21.7. The van der Waals surface area contributed by atoms with Crippen LogP contribution in [-0.4, -0.2) is 38.1 Å². The monoisotopic (exact) mass is 432 g/mol. The maximum Gasteiger partial charge on any atom is 0.430 e. The molecule has 0 saturated heterocycles. The van der Waals surface area contributed by atoms with Gasteiger partial charge in [-0.2, -0.15) is 26.3 Å². The second-order valence-electron chi connectivity index (χ2n) is 5.88. The van der Waals surface area contributed by atoms with E-state index in [1.165, 1.54) is 13.8 Å². The normalized spacial score (nSPS) is 13.6. The first-order valence-electron chi connectivity index (χ1n) is 7.43. The highest BCUT2D eigenvalue weighted by Gasteiger charge is 2.71. The van der Waals surface area contributed by atoms with Crippen LogP contribution in [0.2, 0.25) is 0 Å². The quantitative estimate of drug-likeness (QED) is 0.749. The lowest BCUT2D eigenvalue weighted by Crippen LogP contribution is -2.53. The highest BCUT2D eigenvalue weighted by molar-refractivity contribution is 7.92. The van der Waals surface area contributed by atoms with E-state index in [0.29, 0.717) is 28.6 Å². The first kappa shape index (κ1) is 22.0. The van der Waals surface area contributed by atoms with Crippen LogP contribution in [0.5, 0.6) is 0 Å². The van der Waals surface area contributed by atoms with Gasteiger partial charge < -0.3 is 9.63 Å². The molecule has 13 heteroatoms. The number of rotatable bonds is 4. The molecule has 0 radical (unpaired) electrons. The molecule has 0 fully saturated rings. The van der Waals surface area contributed by atoms with E-state index in [4.69, 9.17) is 4.52 Å². The highest BCUT2D eigenvalue weighted by atomic mass is 32.2. The lowest BCUT2D eigenvalue weighted by Gasteiger charge is -2.33. The van der Waals surface area contributed by atoms with E-state index in [1.807, 2.05) is 0 Å². The molecular weight excluding hydrogens is 418 g/mol. The van der Waals surface area contributed by atoms with Crippen molar-refractivity contribution in [2.24, 2.45) is 0 Å². The van der Waals surface area contributed by atoms with Crippen molar-refractivity contribution < 1.29 is 44.4 Å². The average Bonchev–Trinajstić information content (AvgIpc) is 2.90. The summed E-state index contributed by atoms with van der Waals surface area (Å²) in [7, 11) is -3.19. The number of aromatic nitrogens is 1. The van der Waals surface area contributed by atoms with Gasteiger partial charge in [0.25, 0.3) is 15.6 Å². The number of aryl methyl sites for hydroxylation is 2. The van der Waals surface area contributed by atoms with E-state index >= 15 is 0 Å². The Bertz CT molecular complexity index is 930. The molecule has 1 aromatic heterocycles. The van der Waals surface area contributed by atoms with Crippen LogP contribution in [0.15, 0.2) is 33.7 Å². The molecule has 0 aliphatic heterocycles. The van der Waals surface area contributed by atoms with E-state index < -0.39 is 33.5 Å². The summed E-state index contributed by atoms with van der Waals surface area (Å²) in [5.74, 6) is -0.0375. The summed E-state index contributed by atoms with van der Waals surface area (Å²) in [5, 5.41) is 12.9. The molecular formula is C15H14F6N2O4S. The number of sulfonamides is 1. The Morgan fingerprint density at radius 2 is 1.46 bits per heavy atom. The molecule has 0 amide bonds. The van der Waals surface area contributed by atoms with Crippen molar-refractivity contribution in [1.29, 1.82) is 0 Å². The first-order chi connectivity index (χ1) is 12.5. The molecule has 1 N–H and O–H groups in total. The molecule has 2 aromatic rings. The fourth-order valence-corrected chi connectivity index (χ4v) is 4.00. The van der Waals surface area contributed by atoms with Crippen molar-refractivity contribution in [3.63, 3.8) is 0 Å². The van der Waals surface area contributed by atoms with Crippen LogP contribution in [0, 0.1) is 13.8 Å². The topological polar surface area (TPSA) is 83.6 Å². The largest absolute Gasteiger partial charge is 0.430 e. The van der Waals surface area contributed by atoms with Crippen LogP contribution >= 0.6 is 0 Å². The molecule has 0 aliphatic carbocycles. The van der Waals surface area contributed by atoms with Crippen molar-refractivity contribution in [1.82, 2.24) is 5.16 Å². The van der Waals surface area contributed by atoms with Gasteiger partial charge in [0.05, 0.1) is 5.69 Å². The highest BCUT2D eigenvalue weighted by Crippen LogP contribution is 2.50. The van der Waals surface area contributed by atoms with E-state index in [1.54, 1.807) is 0 Å². The minimum atomic E-state index is -6.04. The zero-order valence-electron chi connectivity index (χ0n) is 14.6. The molecule has 0 saturated carbocycles. The molecule has 0 atom stereocenters. The number of halogens is 6. The third kappa shape index (κ3) is 3.32. The molecule has 0 aliphatic rings. The average molecular weight is 432 g/mol. The minimum absolute atomic E-state index is 0.0319. The minimum Gasteiger partial charge on any atom is -0.369 e. The van der Waals surface area contributed by atoms with Crippen molar-refractivity contribution in [3.8, 4) is 0 Å². The van der Waals surface area contributed by atoms with Crippen molar-refractivity contribution >= 4 is 15.7 Å². The van der Waals surface area contributed by atoms with Crippen LogP contribution in [0.3, 0.4) is 0 Å². The number of aliphatic hydroxyl groups is 1. The Morgan fingerprint density at radius 3 is 1.82 bits per heavy atom. The number of hydrogen-bond donors (Lipinski definition) is 1. The third-order valence-electron chi connectivity index (χ3n) is 4.06. The lowest BCUT2D eigenvalue weighted by molar-refractivity contribution is -0.376. The Kier molecular flexibility index (Phi) is 5.23. The molecule has 1 heterocycles. The van der Waals surface area contributed by atoms with E-state index in [2.05, 4.69) is 5.16 Å². The summed E-state index contributed by atoms with van der Waals surface area (Å²) < 4.78 is 108. The smallest absolute Gasteiger partial charge is 0.369 e. The van der Waals surface area contributed by atoms with Crippen molar-refractivity contribution in [2.75, 3.05) is 11.4 Å². The van der Waals surface area contributed by atoms with Gasteiger partial charge in [-0.1, -0.05) is 17.3 Å².